The highest BCUT2D eigenvalue weighted by atomic mass is 79.9. The fraction of sp³-hybridized carbons (Fsp3) is 0.700. The van der Waals surface area contributed by atoms with E-state index in [1.807, 2.05) is 0 Å². The molecule has 0 nitrogen and oxygen atoms in total. The van der Waals surface area contributed by atoms with Gasteiger partial charge in [-0.3, -0.25) is 0 Å². The van der Waals surface area contributed by atoms with E-state index in [2.05, 4.69) is 54.9 Å². The van der Waals surface area contributed by atoms with Gasteiger partial charge in [0.25, 0.3) is 0 Å². The fourth-order valence-corrected chi connectivity index (χ4v) is 4.53. The van der Waals surface area contributed by atoms with Crippen molar-refractivity contribution in [3.63, 3.8) is 0 Å². The Morgan fingerprint density at radius 3 is 2.43 bits per heavy atom. The molecule has 1 aromatic rings. The fourth-order valence-electron chi connectivity index (χ4n) is 3.78. The van der Waals surface area contributed by atoms with Crippen molar-refractivity contribution in [1.82, 2.24) is 0 Å². The van der Waals surface area contributed by atoms with Crippen LogP contribution in [-0.2, 0) is 6.42 Å². The topological polar surface area (TPSA) is 0 Å². The summed E-state index contributed by atoms with van der Waals surface area (Å²) in [5, 5.41) is 1.16. The zero-order chi connectivity index (χ0) is 15.3. The van der Waals surface area contributed by atoms with Crippen LogP contribution in [0.3, 0.4) is 0 Å². The van der Waals surface area contributed by atoms with Crippen molar-refractivity contribution in [2.45, 2.75) is 72.1 Å². The first-order chi connectivity index (χ1) is 10.1. The first-order valence-corrected chi connectivity index (χ1v) is 9.83. The number of alkyl halides is 1. The molecule has 0 aliphatic heterocycles. The van der Waals surface area contributed by atoms with Crippen LogP contribution in [0.5, 0.6) is 0 Å². The van der Waals surface area contributed by atoms with Crippen LogP contribution in [0, 0.1) is 25.2 Å². The van der Waals surface area contributed by atoms with Gasteiger partial charge in [-0.15, -0.1) is 0 Å². The molecule has 1 heteroatoms. The number of hydrogen-bond acceptors (Lipinski definition) is 0. The number of rotatable bonds is 6. The van der Waals surface area contributed by atoms with Crippen LogP contribution in [0.1, 0.15) is 68.6 Å². The maximum Gasteiger partial charge on any atom is 0.00911 e. The monoisotopic (exact) mass is 350 g/mol. The number of aryl methyl sites for hydroxylation is 2. The standard InChI is InChI=1S/C20H31Br/c1-4-5-6-18-9-11-20(15-21,12-10-18)14-19-8-7-16(2)17(3)13-19/h7-8,13,18H,4-6,9-12,14-15H2,1-3H3. The van der Waals surface area contributed by atoms with Gasteiger partial charge >= 0.3 is 0 Å². The van der Waals surface area contributed by atoms with E-state index < -0.39 is 0 Å². The molecule has 0 N–H and O–H groups in total. The second-order valence-corrected chi connectivity index (χ2v) is 7.88. The molecule has 21 heavy (non-hydrogen) atoms. The molecule has 1 saturated carbocycles. The largest absolute Gasteiger partial charge is 0.0922 e. The molecule has 0 spiro atoms. The van der Waals surface area contributed by atoms with E-state index in [1.165, 1.54) is 68.1 Å². The highest BCUT2D eigenvalue weighted by Gasteiger charge is 2.34. The summed E-state index contributed by atoms with van der Waals surface area (Å²) in [4.78, 5) is 0. The van der Waals surface area contributed by atoms with E-state index in [0.717, 1.165) is 11.2 Å². The summed E-state index contributed by atoms with van der Waals surface area (Å²) in [6, 6.07) is 7.04. The molecule has 1 aliphatic carbocycles. The average molecular weight is 351 g/mol. The summed E-state index contributed by atoms with van der Waals surface area (Å²) in [6.45, 7) is 6.75. The van der Waals surface area contributed by atoms with Gasteiger partial charge in [0.05, 0.1) is 0 Å². The Bertz CT molecular complexity index is 441. The van der Waals surface area contributed by atoms with Crippen molar-refractivity contribution >= 4 is 15.9 Å². The molecule has 0 saturated heterocycles. The summed E-state index contributed by atoms with van der Waals surface area (Å²) in [5.41, 5.74) is 4.89. The van der Waals surface area contributed by atoms with Gasteiger partial charge in [0, 0.05) is 5.33 Å². The van der Waals surface area contributed by atoms with Crippen LogP contribution in [-0.4, -0.2) is 5.33 Å². The Kier molecular flexibility index (Phi) is 6.34. The molecule has 1 aliphatic rings. The van der Waals surface area contributed by atoms with Gasteiger partial charge in [-0.25, -0.2) is 0 Å². The number of hydrogen-bond donors (Lipinski definition) is 0. The minimum absolute atomic E-state index is 0.504. The molecule has 0 atom stereocenters. The minimum Gasteiger partial charge on any atom is -0.0922 e. The van der Waals surface area contributed by atoms with Crippen molar-refractivity contribution in [3.8, 4) is 0 Å². The highest BCUT2D eigenvalue weighted by Crippen LogP contribution is 2.44. The summed E-state index contributed by atoms with van der Waals surface area (Å²) in [7, 11) is 0. The Labute approximate surface area is 139 Å². The Hall–Kier alpha value is -0.300. The number of unbranched alkanes of at least 4 members (excludes halogenated alkanes) is 1. The second-order valence-electron chi connectivity index (χ2n) is 7.31. The lowest BCUT2D eigenvalue weighted by Gasteiger charge is -2.39. The van der Waals surface area contributed by atoms with Crippen molar-refractivity contribution in [3.05, 3.63) is 34.9 Å². The van der Waals surface area contributed by atoms with Gasteiger partial charge in [-0.05, 0) is 74.0 Å². The maximum atomic E-state index is 3.83. The molecule has 0 amide bonds. The van der Waals surface area contributed by atoms with Crippen molar-refractivity contribution in [2.24, 2.45) is 11.3 Å². The highest BCUT2D eigenvalue weighted by molar-refractivity contribution is 9.09. The van der Waals surface area contributed by atoms with Gasteiger partial charge in [-0.2, -0.15) is 0 Å². The molecule has 1 fully saturated rings. The molecule has 0 bridgehead atoms. The molecule has 118 valence electrons. The van der Waals surface area contributed by atoms with Gasteiger partial charge in [-0.1, -0.05) is 60.3 Å². The molecule has 0 unspecified atom stereocenters. The predicted molar refractivity (Wildman–Crippen MR) is 97.3 cm³/mol. The Balaban J connectivity index is 1.98. The zero-order valence-corrected chi connectivity index (χ0v) is 15.6. The van der Waals surface area contributed by atoms with E-state index in [9.17, 15) is 0 Å². The van der Waals surface area contributed by atoms with E-state index in [-0.39, 0.29) is 0 Å². The lowest BCUT2D eigenvalue weighted by molar-refractivity contribution is 0.168. The lowest BCUT2D eigenvalue weighted by atomic mass is 9.68. The van der Waals surface area contributed by atoms with Crippen LogP contribution in [0.2, 0.25) is 0 Å². The molecular weight excluding hydrogens is 320 g/mol. The van der Waals surface area contributed by atoms with Gasteiger partial charge in [0.1, 0.15) is 0 Å². The normalized spacial score (nSPS) is 26.0. The quantitative estimate of drug-likeness (QED) is 0.506. The smallest absolute Gasteiger partial charge is 0.00911 e. The van der Waals surface area contributed by atoms with Crippen LogP contribution >= 0.6 is 15.9 Å². The summed E-state index contributed by atoms with van der Waals surface area (Å²) >= 11 is 3.83. The Morgan fingerprint density at radius 1 is 1.14 bits per heavy atom. The maximum absolute atomic E-state index is 3.83. The van der Waals surface area contributed by atoms with Crippen LogP contribution in [0.4, 0.5) is 0 Å². The van der Waals surface area contributed by atoms with Crippen molar-refractivity contribution < 1.29 is 0 Å². The van der Waals surface area contributed by atoms with Crippen LogP contribution in [0.25, 0.3) is 0 Å². The zero-order valence-electron chi connectivity index (χ0n) is 14.1. The van der Waals surface area contributed by atoms with E-state index >= 15 is 0 Å². The summed E-state index contributed by atoms with van der Waals surface area (Å²) < 4.78 is 0. The summed E-state index contributed by atoms with van der Waals surface area (Å²) in [6.07, 6.45) is 11.2. The van der Waals surface area contributed by atoms with Crippen LogP contribution in [0.15, 0.2) is 18.2 Å². The number of halogens is 1. The van der Waals surface area contributed by atoms with Crippen LogP contribution < -0.4 is 0 Å². The third kappa shape index (κ3) is 4.58. The van der Waals surface area contributed by atoms with E-state index in [0.29, 0.717) is 5.41 Å². The SMILES string of the molecule is CCCCC1CCC(CBr)(Cc2ccc(C)c(C)c2)CC1. The van der Waals surface area contributed by atoms with E-state index in [4.69, 9.17) is 0 Å². The minimum atomic E-state index is 0.504. The molecule has 0 heterocycles. The van der Waals surface area contributed by atoms with E-state index in [1.54, 1.807) is 0 Å². The molecule has 0 aromatic heterocycles. The molecule has 2 rings (SSSR count). The Morgan fingerprint density at radius 2 is 1.86 bits per heavy atom. The van der Waals surface area contributed by atoms with Gasteiger partial charge < -0.3 is 0 Å². The second kappa shape index (κ2) is 7.81. The summed E-state index contributed by atoms with van der Waals surface area (Å²) in [5.74, 6) is 0.997. The van der Waals surface area contributed by atoms with Crippen molar-refractivity contribution in [2.75, 3.05) is 5.33 Å². The molecule has 0 radical (unpaired) electrons. The third-order valence-electron chi connectivity index (χ3n) is 5.57. The van der Waals surface area contributed by atoms with Crippen molar-refractivity contribution in [1.29, 1.82) is 0 Å². The molecule has 1 aromatic carbocycles. The third-order valence-corrected chi connectivity index (χ3v) is 6.76. The van der Waals surface area contributed by atoms with Gasteiger partial charge in [0.2, 0.25) is 0 Å². The number of benzene rings is 1. The first-order valence-electron chi connectivity index (χ1n) is 8.70. The van der Waals surface area contributed by atoms with Gasteiger partial charge in [0.15, 0.2) is 0 Å². The predicted octanol–water partition coefficient (Wildman–Crippen LogP) is 6.61. The lowest BCUT2D eigenvalue weighted by Crippen LogP contribution is -2.31. The molecular formula is C20H31Br. The average Bonchev–Trinajstić information content (AvgIpc) is 2.50. The first kappa shape index (κ1) is 17.1.